The highest BCUT2D eigenvalue weighted by Crippen LogP contribution is 2.28. The Hall–Kier alpha value is -2.71. The van der Waals surface area contributed by atoms with Crippen LogP contribution in [0.5, 0.6) is 0 Å². The Morgan fingerprint density at radius 3 is 2.71 bits per heavy atom. The molecule has 2 aromatic carbocycles. The Morgan fingerprint density at radius 1 is 1.21 bits per heavy atom. The molecule has 0 aliphatic rings. The molecule has 0 saturated carbocycles. The van der Waals surface area contributed by atoms with E-state index >= 15 is 0 Å². The molecule has 120 valence electrons. The summed E-state index contributed by atoms with van der Waals surface area (Å²) in [5.74, 6) is -1.25. The van der Waals surface area contributed by atoms with Crippen LogP contribution in [0.4, 0.5) is 14.5 Å². The van der Waals surface area contributed by atoms with Crippen molar-refractivity contribution < 1.29 is 8.78 Å². The quantitative estimate of drug-likeness (QED) is 0.684. The maximum Gasteiger partial charge on any atom is 0.142 e. The van der Waals surface area contributed by atoms with E-state index in [1.54, 1.807) is 25.1 Å². The molecule has 24 heavy (non-hydrogen) atoms. The summed E-state index contributed by atoms with van der Waals surface area (Å²) < 4.78 is 27.4. The molecule has 1 heterocycles. The van der Waals surface area contributed by atoms with Gasteiger partial charge in [-0.2, -0.15) is 5.26 Å². The van der Waals surface area contributed by atoms with Gasteiger partial charge in [-0.25, -0.2) is 8.78 Å². The molecule has 0 fully saturated rings. The van der Waals surface area contributed by atoms with Crippen molar-refractivity contribution in [2.45, 2.75) is 13.5 Å². The maximum atomic E-state index is 13.9. The second kappa shape index (κ2) is 6.42. The minimum Gasteiger partial charge on any atom is -0.380 e. The van der Waals surface area contributed by atoms with Crippen molar-refractivity contribution in [3.05, 3.63) is 69.9 Å². The molecule has 0 spiro atoms. The van der Waals surface area contributed by atoms with Gasteiger partial charge in [-0.05, 0) is 31.2 Å². The number of aromatic nitrogens is 1. The third-order valence-corrected chi connectivity index (χ3v) is 4.09. The first-order chi connectivity index (χ1) is 11.5. The van der Waals surface area contributed by atoms with E-state index in [2.05, 4.69) is 16.4 Å². The molecule has 0 unspecified atom stereocenters. The number of rotatable bonds is 3. The van der Waals surface area contributed by atoms with Crippen molar-refractivity contribution in [1.29, 1.82) is 5.26 Å². The summed E-state index contributed by atoms with van der Waals surface area (Å²) >= 11 is 5.85. The lowest BCUT2D eigenvalue weighted by Crippen LogP contribution is -2.05. The number of nitrogens with one attached hydrogen (secondary N) is 1. The molecule has 0 saturated heterocycles. The van der Waals surface area contributed by atoms with Gasteiger partial charge >= 0.3 is 0 Å². The van der Waals surface area contributed by atoms with E-state index in [1.807, 2.05) is 6.07 Å². The zero-order valence-corrected chi connectivity index (χ0v) is 13.5. The van der Waals surface area contributed by atoms with Crippen molar-refractivity contribution in [3.8, 4) is 6.07 Å². The first-order valence-corrected chi connectivity index (χ1v) is 7.55. The van der Waals surface area contributed by atoms with E-state index in [9.17, 15) is 14.0 Å². The molecule has 0 atom stereocenters. The summed E-state index contributed by atoms with van der Waals surface area (Å²) in [6, 6.07) is 11.2. The molecule has 0 bridgehead atoms. The molecule has 0 aliphatic heterocycles. The highest BCUT2D eigenvalue weighted by atomic mass is 35.5. The van der Waals surface area contributed by atoms with Crippen LogP contribution in [-0.4, -0.2) is 4.98 Å². The lowest BCUT2D eigenvalue weighted by atomic mass is 10.1. The third kappa shape index (κ3) is 2.89. The highest BCUT2D eigenvalue weighted by Gasteiger charge is 2.13. The molecule has 1 N–H and O–H groups in total. The van der Waals surface area contributed by atoms with Gasteiger partial charge in [0, 0.05) is 28.9 Å². The van der Waals surface area contributed by atoms with Crippen LogP contribution in [0.1, 0.15) is 16.8 Å². The van der Waals surface area contributed by atoms with Crippen LogP contribution >= 0.6 is 11.6 Å². The van der Waals surface area contributed by atoms with Gasteiger partial charge in [0.2, 0.25) is 0 Å². The van der Waals surface area contributed by atoms with Crippen molar-refractivity contribution in [1.82, 2.24) is 4.98 Å². The van der Waals surface area contributed by atoms with E-state index in [0.717, 1.165) is 17.5 Å². The SMILES string of the molecule is Cc1cc(NCc2c(F)ccc(F)c2Cl)c2cccc(C#N)c2n1. The fourth-order valence-corrected chi connectivity index (χ4v) is 2.75. The van der Waals surface area contributed by atoms with Gasteiger partial charge in [0.15, 0.2) is 0 Å². The van der Waals surface area contributed by atoms with E-state index in [4.69, 9.17) is 11.6 Å². The van der Waals surface area contributed by atoms with E-state index in [-0.39, 0.29) is 17.1 Å². The van der Waals surface area contributed by atoms with Crippen molar-refractivity contribution >= 4 is 28.2 Å². The van der Waals surface area contributed by atoms with Gasteiger partial charge in [0.25, 0.3) is 0 Å². The molecule has 3 aromatic rings. The summed E-state index contributed by atoms with van der Waals surface area (Å²) in [6.45, 7) is 1.81. The predicted molar refractivity (Wildman–Crippen MR) is 89.9 cm³/mol. The molecular formula is C18H12ClF2N3. The topological polar surface area (TPSA) is 48.7 Å². The summed E-state index contributed by atoms with van der Waals surface area (Å²) in [6.07, 6.45) is 0. The third-order valence-electron chi connectivity index (χ3n) is 3.68. The van der Waals surface area contributed by atoms with Crippen LogP contribution in [0, 0.1) is 29.9 Å². The Bertz CT molecular complexity index is 980. The summed E-state index contributed by atoms with van der Waals surface area (Å²) in [5.41, 5.74) is 2.45. The van der Waals surface area contributed by atoms with Crippen LogP contribution in [-0.2, 0) is 6.54 Å². The van der Waals surface area contributed by atoms with Gasteiger partial charge in [-0.15, -0.1) is 0 Å². The van der Waals surface area contributed by atoms with Gasteiger partial charge < -0.3 is 5.32 Å². The van der Waals surface area contributed by atoms with E-state index < -0.39 is 11.6 Å². The lowest BCUT2D eigenvalue weighted by molar-refractivity contribution is 0.588. The standard InChI is InChI=1S/C18H12ClF2N3/c1-10-7-16(12-4-2-3-11(8-22)18(12)24-10)23-9-13-14(20)5-6-15(21)17(13)19/h2-7H,9H2,1H3,(H,23,24). The van der Waals surface area contributed by atoms with Gasteiger partial charge in [-0.3, -0.25) is 4.98 Å². The number of aryl methyl sites for hydroxylation is 1. The molecule has 6 heteroatoms. The Labute approximate surface area is 142 Å². The monoisotopic (exact) mass is 343 g/mol. The fraction of sp³-hybridized carbons (Fsp3) is 0.111. The number of para-hydroxylation sites is 1. The zero-order chi connectivity index (χ0) is 17.3. The fourth-order valence-electron chi connectivity index (χ4n) is 2.53. The molecule has 0 aliphatic carbocycles. The minimum atomic E-state index is -0.669. The maximum absolute atomic E-state index is 13.9. The van der Waals surface area contributed by atoms with Gasteiger partial charge in [-0.1, -0.05) is 23.7 Å². The number of pyridine rings is 1. The number of fused-ring (bicyclic) bond motifs is 1. The first kappa shape index (κ1) is 16.2. The average molecular weight is 344 g/mol. The van der Waals surface area contributed by atoms with Gasteiger partial charge in [0.05, 0.1) is 16.1 Å². The Kier molecular flexibility index (Phi) is 4.32. The largest absolute Gasteiger partial charge is 0.380 e. The van der Waals surface area contributed by atoms with Crippen molar-refractivity contribution in [3.63, 3.8) is 0 Å². The number of nitrogens with zero attached hydrogens (tertiary/aromatic N) is 2. The van der Waals surface area contributed by atoms with Crippen LogP contribution < -0.4 is 5.32 Å². The average Bonchev–Trinajstić information content (AvgIpc) is 2.57. The van der Waals surface area contributed by atoms with Crippen molar-refractivity contribution in [2.24, 2.45) is 0 Å². The van der Waals surface area contributed by atoms with Crippen LogP contribution in [0.2, 0.25) is 5.02 Å². The molecule has 3 nitrogen and oxygen atoms in total. The van der Waals surface area contributed by atoms with E-state index in [0.29, 0.717) is 22.5 Å². The highest BCUT2D eigenvalue weighted by molar-refractivity contribution is 6.31. The Balaban J connectivity index is 2.03. The lowest BCUT2D eigenvalue weighted by Gasteiger charge is -2.13. The van der Waals surface area contributed by atoms with Crippen LogP contribution in [0.3, 0.4) is 0 Å². The van der Waals surface area contributed by atoms with Crippen LogP contribution in [0.15, 0.2) is 36.4 Å². The Morgan fingerprint density at radius 2 is 1.96 bits per heavy atom. The minimum absolute atomic E-state index is 0.0117. The first-order valence-electron chi connectivity index (χ1n) is 7.18. The second-order valence-electron chi connectivity index (χ2n) is 5.30. The number of nitriles is 1. The predicted octanol–water partition coefficient (Wildman–Crippen LogP) is 4.96. The summed E-state index contributed by atoms with van der Waals surface area (Å²) in [5, 5.41) is 12.8. The smallest absolute Gasteiger partial charge is 0.142 e. The second-order valence-corrected chi connectivity index (χ2v) is 5.68. The van der Waals surface area contributed by atoms with E-state index in [1.165, 1.54) is 0 Å². The number of benzene rings is 2. The van der Waals surface area contributed by atoms with Crippen molar-refractivity contribution in [2.75, 3.05) is 5.32 Å². The zero-order valence-electron chi connectivity index (χ0n) is 12.7. The molecule has 0 radical (unpaired) electrons. The number of anilines is 1. The molecule has 1 aromatic heterocycles. The molecule has 3 rings (SSSR count). The molecule has 0 amide bonds. The van der Waals surface area contributed by atoms with Crippen LogP contribution in [0.25, 0.3) is 10.9 Å². The number of hydrogen-bond acceptors (Lipinski definition) is 3. The number of halogens is 3. The number of hydrogen-bond donors (Lipinski definition) is 1. The summed E-state index contributed by atoms with van der Waals surface area (Å²) in [4.78, 5) is 4.39. The normalized spacial score (nSPS) is 10.6. The molecular weight excluding hydrogens is 332 g/mol. The summed E-state index contributed by atoms with van der Waals surface area (Å²) in [7, 11) is 0. The van der Waals surface area contributed by atoms with Gasteiger partial charge in [0.1, 0.15) is 17.7 Å².